The Morgan fingerprint density at radius 1 is 1.47 bits per heavy atom. The molecule has 5 heteroatoms. The number of aliphatic hydroxyl groups is 1. The van der Waals surface area contributed by atoms with Crippen molar-refractivity contribution in [3.63, 3.8) is 0 Å². The highest BCUT2D eigenvalue weighted by Gasteiger charge is 2.60. The molecule has 1 aromatic heterocycles. The van der Waals surface area contributed by atoms with Crippen molar-refractivity contribution < 1.29 is 9.84 Å². The molecule has 19 heavy (non-hydrogen) atoms. The Morgan fingerprint density at radius 2 is 2.21 bits per heavy atom. The second-order valence-corrected chi connectivity index (χ2v) is 6.16. The number of nitrogens with one attached hydrogen (secondary N) is 1. The molecule has 4 rings (SSSR count). The van der Waals surface area contributed by atoms with Crippen LogP contribution in [-0.4, -0.2) is 35.0 Å². The standard InChI is InChI=1S/C14H20N2O3/c1-10-3-11(4-12(18)16(10)2)19-9-13-5-14(6-13,8-17)15-7-13/h3-4,15,17H,5-9H2,1-2H3. The smallest absolute Gasteiger partial charge is 0.254 e. The van der Waals surface area contributed by atoms with Crippen molar-refractivity contribution in [3.05, 3.63) is 28.2 Å². The van der Waals surface area contributed by atoms with Gasteiger partial charge in [-0.15, -0.1) is 0 Å². The molecule has 2 N–H and O–H groups in total. The first kappa shape index (κ1) is 12.7. The van der Waals surface area contributed by atoms with Crippen LogP contribution < -0.4 is 15.6 Å². The van der Waals surface area contributed by atoms with E-state index in [2.05, 4.69) is 5.32 Å². The van der Waals surface area contributed by atoms with E-state index in [1.807, 2.05) is 13.0 Å². The predicted octanol–water partition coefficient (Wildman–Crippen LogP) is 0.187. The zero-order chi connectivity index (χ0) is 13.7. The number of fused-ring (bicyclic) bond motifs is 1. The summed E-state index contributed by atoms with van der Waals surface area (Å²) in [5, 5.41) is 12.7. The van der Waals surface area contributed by atoms with Crippen LogP contribution in [0, 0.1) is 12.3 Å². The lowest BCUT2D eigenvalue weighted by atomic mass is 9.63. The van der Waals surface area contributed by atoms with Crippen LogP contribution in [0.2, 0.25) is 0 Å². The molecule has 3 heterocycles. The minimum atomic E-state index is -0.0634. The summed E-state index contributed by atoms with van der Waals surface area (Å²) in [4.78, 5) is 11.7. The predicted molar refractivity (Wildman–Crippen MR) is 71.4 cm³/mol. The number of hydrogen-bond acceptors (Lipinski definition) is 4. The molecule has 0 aromatic carbocycles. The van der Waals surface area contributed by atoms with Crippen LogP contribution in [0.5, 0.6) is 5.75 Å². The van der Waals surface area contributed by atoms with E-state index in [1.165, 1.54) is 6.07 Å². The van der Waals surface area contributed by atoms with Gasteiger partial charge in [-0.2, -0.15) is 0 Å². The van der Waals surface area contributed by atoms with Crippen LogP contribution in [0.15, 0.2) is 16.9 Å². The van der Waals surface area contributed by atoms with Gasteiger partial charge in [0.05, 0.1) is 13.2 Å². The molecule has 3 fully saturated rings. The highest BCUT2D eigenvalue weighted by atomic mass is 16.5. The van der Waals surface area contributed by atoms with E-state index in [9.17, 15) is 9.90 Å². The van der Waals surface area contributed by atoms with Crippen LogP contribution in [0.3, 0.4) is 0 Å². The number of aliphatic hydroxyl groups excluding tert-OH is 1. The second kappa shape index (κ2) is 4.08. The third-order valence-electron chi connectivity index (χ3n) is 4.59. The molecule has 0 spiro atoms. The molecule has 104 valence electrons. The van der Waals surface area contributed by atoms with Crippen molar-refractivity contribution in [1.29, 1.82) is 0 Å². The summed E-state index contributed by atoms with van der Waals surface area (Å²) in [5.74, 6) is 0.642. The first-order chi connectivity index (χ1) is 8.98. The van der Waals surface area contributed by atoms with Gasteiger partial charge >= 0.3 is 0 Å². The molecule has 0 unspecified atom stereocenters. The van der Waals surface area contributed by atoms with Gasteiger partial charge in [0, 0.05) is 36.3 Å². The molecule has 1 aliphatic carbocycles. The average molecular weight is 264 g/mol. The maximum atomic E-state index is 11.7. The Kier molecular flexibility index (Phi) is 2.73. The summed E-state index contributed by atoms with van der Waals surface area (Å²) in [6, 6.07) is 3.42. The molecule has 2 bridgehead atoms. The third kappa shape index (κ3) is 1.97. The normalized spacial score (nSPS) is 32.2. The summed E-state index contributed by atoms with van der Waals surface area (Å²) in [5.41, 5.74) is 0.919. The molecule has 0 radical (unpaired) electrons. The van der Waals surface area contributed by atoms with Crippen LogP contribution in [0.25, 0.3) is 0 Å². The van der Waals surface area contributed by atoms with Gasteiger partial charge in [0.25, 0.3) is 5.56 Å². The molecule has 1 saturated carbocycles. The quantitative estimate of drug-likeness (QED) is 0.815. The number of rotatable bonds is 4. The SMILES string of the molecule is Cc1cc(OCC23CNC(CO)(C2)C3)cc(=O)n1C. The van der Waals surface area contributed by atoms with Crippen LogP contribution in [-0.2, 0) is 7.05 Å². The summed E-state index contributed by atoms with van der Waals surface area (Å²) in [6.07, 6.45) is 1.92. The number of aryl methyl sites for hydroxylation is 1. The minimum absolute atomic E-state index is 0.0460. The Labute approximate surface area is 112 Å². The summed E-state index contributed by atoms with van der Waals surface area (Å²) < 4.78 is 7.40. The van der Waals surface area contributed by atoms with Crippen molar-refractivity contribution in [2.24, 2.45) is 12.5 Å². The second-order valence-electron chi connectivity index (χ2n) is 6.16. The van der Waals surface area contributed by atoms with E-state index in [0.29, 0.717) is 12.4 Å². The van der Waals surface area contributed by atoms with Gasteiger partial charge in [-0.05, 0) is 25.8 Å². The first-order valence-corrected chi connectivity index (χ1v) is 6.64. The van der Waals surface area contributed by atoms with Crippen molar-refractivity contribution >= 4 is 0 Å². The highest BCUT2D eigenvalue weighted by molar-refractivity contribution is 5.24. The largest absolute Gasteiger partial charge is 0.493 e. The lowest BCUT2D eigenvalue weighted by molar-refractivity contribution is 0.0210. The Balaban J connectivity index is 1.67. The van der Waals surface area contributed by atoms with E-state index in [0.717, 1.165) is 25.1 Å². The van der Waals surface area contributed by atoms with Gasteiger partial charge in [-0.25, -0.2) is 0 Å². The third-order valence-corrected chi connectivity index (χ3v) is 4.59. The Morgan fingerprint density at radius 3 is 2.79 bits per heavy atom. The average Bonchev–Trinajstić information content (AvgIpc) is 2.89. The molecular formula is C14H20N2O3. The topological polar surface area (TPSA) is 63.5 Å². The fraction of sp³-hybridized carbons (Fsp3) is 0.643. The number of ether oxygens (including phenoxy) is 1. The van der Waals surface area contributed by atoms with Crippen LogP contribution in [0.4, 0.5) is 0 Å². The number of hydrogen-bond donors (Lipinski definition) is 2. The Bertz CT molecular complexity index is 558. The van der Waals surface area contributed by atoms with Gasteiger partial charge in [0.1, 0.15) is 5.75 Å². The van der Waals surface area contributed by atoms with Gasteiger partial charge < -0.3 is 19.7 Å². The molecule has 0 atom stereocenters. The fourth-order valence-electron chi connectivity index (χ4n) is 3.39. The highest BCUT2D eigenvalue weighted by Crippen LogP contribution is 2.53. The van der Waals surface area contributed by atoms with Crippen LogP contribution in [0.1, 0.15) is 18.5 Å². The molecular weight excluding hydrogens is 244 g/mol. The van der Waals surface area contributed by atoms with Gasteiger partial charge in [-0.3, -0.25) is 4.79 Å². The van der Waals surface area contributed by atoms with E-state index in [4.69, 9.17) is 4.74 Å². The van der Waals surface area contributed by atoms with Gasteiger partial charge in [-0.1, -0.05) is 0 Å². The first-order valence-electron chi connectivity index (χ1n) is 6.64. The van der Waals surface area contributed by atoms with E-state index in [-0.39, 0.29) is 23.1 Å². The van der Waals surface area contributed by atoms with Crippen molar-refractivity contribution in [3.8, 4) is 5.75 Å². The van der Waals surface area contributed by atoms with E-state index < -0.39 is 0 Å². The van der Waals surface area contributed by atoms with Crippen LogP contribution >= 0.6 is 0 Å². The zero-order valence-corrected chi connectivity index (χ0v) is 11.4. The summed E-state index contributed by atoms with van der Waals surface area (Å²) >= 11 is 0. The summed E-state index contributed by atoms with van der Waals surface area (Å²) in [7, 11) is 1.75. The lowest BCUT2D eigenvalue weighted by Gasteiger charge is -2.44. The maximum Gasteiger partial charge on any atom is 0.254 e. The van der Waals surface area contributed by atoms with E-state index >= 15 is 0 Å². The van der Waals surface area contributed by atoms with Gasteiger partial charge in [0.2, 0.25) is 0 Å². The molecule has 2 saturated heterocycles. The molecule has 3 aliphatic rings. The van der Waals surface area contributed by atoms with Gasteiger partial charge in [0.15, 0.2) is 0 Å². The van der Waals surface area contributed by atoms with E-state index in [1.54, 1.807) is 11.6 Å². The van der Waals surface area contributed by atoms with Crippen molar-refractivity contribution in [2.45, 2.75) is 25.3 Å². The molecule has 1 aromatic rings. The Hall–Kier alpha value is -1.33. The molecule has 2 aliphatic heterocycles. The zero-order valence-electron chi connectivity index (χ0n) is 11.4. The molecule has 0 amide bonds. The number of pyridine rings is 1. The van der Waals surface area contributed by atoms with Crippen molar-refractivity contribution in [1.82, 2.24) is 9.88 Å². The monoisotopic (exact) mass is 264 g/mol. The van der Waals surface area contributed by atoms with Crippen molar-refractivity contribution in [2.75, 3.05) is 19.8 Å². The molecule has 5 nitrogen and oxygen atoms in total. The maximum absolute atomic E-state index is 11.7. The number of aromatic nitrogens is 1. The lowest BCUT2D eigenvalue weighted by Crippen LogP contribution is -2.52. The minimum Gasteiger partial charge on any atom is -0.493 e. The summed E-state index contributed by atoms with van der Waals surface area (Å²) in [6.45, 7) is 3.58. The fourth-order valence-corrected chi connectivity index (χ4v) is 3.39. The number of nitrogens with zero attached hydrogens (tertiary/aromatic N) is 1.